The molecule has 25 heavy (non-hydrogen) atoms. The number of amides is 1. The van der Waals surface area contributed by atoms with Crippen molar-refractivity contribution in [2.45, 2.75) is 37.3 Å². The summed E-state index contributed by atoms with van der Waals surface area (Å²) >= 11 is 0. The number of carbonyl (C=O) groups is 1. The molecule has 0 radical (unpaired) electrons. The number of carbonyl (C=O) groups excluding carboxylic acids is 1. The molecule has 0 aliphatic carbocycles. The fourth-order valence-electron chi connectivity index (χ4n) is 4.36. The number of piperidine rings is 1. The van der Waals surface area contributed by atoms with E-state index in [-0.39, 0.29) is 17.6 Å². The van der Waals surface area contributed by atoms with E-state index in [1.165, 1.54) is 5.56 Å². The summed E-state index contributed by atoms with van der Waals surface area (Å²) in [5.74, 6) is 0.107. The Morgan fingerprint density at radius 2 is 2.00 bits per heavy atom. The highest BCUT2D eigenvalue weighted by molar-refractivity contribution is 5.77. The molecule has 1 amide bonds. The van der Waals surface area contributed by atoms with Gasteiger partial charge in [0.25, 0.3) is 0 Å². The zero-order valence-electron chi connectivity index (χ0n) is 15.5. The number of aliphatic hydroxyl groups is 1. The minimum absolute atomic E-state index is 0.0908. The Morgan fingerprint density at radius 3 is 2.68 bits per heavy atom. The molecular formula is C20H31N3O2. The van der Waals surface area contributed by atoms with Crippen LogP contribution >= 0.6 is 0 Å². The van der Waals surface area contributed by atoms with E-state index in [4.69, 9.17) is 0 Å². The maximum absolute atomic E-state index is 11.9. The van der Waals surface area contributed by atoms with Crippen molar-refractivity contribution < 1.29 is 9.90 Å². The normalized spacial score (nSPS) is 27.7. The smallest absolute Gasteiger partial charge is 0.236 e. The van der Waals surface area contributed by atoms with Gasteiger partial charge in [0.15, 0.2) is 0 Å². The molecule has 2 fully saturated rings. The number of hydrogen-bond acceptors (Lipinski definition) is 4. The zero-order chi connectivity index (χ0) is 17.9. The predicted octanol–water partition coefficient (Wildman–Crippen LogP) is 1.22. The highest BCUT2D eigenvalue weighted by Crippen LogP contribution is 2.38. The Kier molecular flexibility index (Phi) is 5.77. The van der Waals surface area contributed by atoms with E-state index in [9.17, 15) is 9.90 Å². The van der Waals surface area contributed by atoms with Crippen LogP contribution in [0.2, 0.25) is 0 Å². The molecule has 1 aromatic rings. The minimum atomic E-state index is -0.380. The van der Waals surface area contributed by atoms with Crippen molar-refractivity contribution >= 4 is 5.91 Å². The van der Waals surface area contributed by atoms with Gasteiger partial charge in [-0.3, -0.25) is 14.6 Å². The summed E-state index contributed by atoms with van der Waals surface area (Å²) in [7, 11) is 3.57. The van der Waals surface area contributed by atoms with Crippen LogP contribution in [0.15, 0.2) is 30.3 Å². The van der Waals surface area contributed by atoms with Gasteiger partial charge in [0.05, 0.1) is 12.6 Å². The molecule has 2 saturated heterocycles. The van der Waals surface area contributed by atoms with Crippen LogP contribution in [0, 0.1) is 0 Å². The van der Waals surface area contributed by atoms with Crippen molar-refractivity contribution in [2.75, 3.05) is 46.8 Å². The summed E-state index contributed by atoms with van der Waals surface area (Å²) in [5, 5.41) is 10.9. The van der Waals surface area contributed by atoms with Crippen LogP contribution in [-0.4, -0.2) is 84.2 Å². The van der Waals surface area contributed by atoms with E-state index >= 15 is 0 Å². The Hall–Kier alpha value is -1.43. The molecule has 138 valence electrons. The van der Waals surface area contributed by atoms with Crippen molar-refractivity contribution in [3.05, 3.63) is 35.9 Å². The average Bonchev–Trinajstić information content (AvgIpc) is 3.01. The average molecular weight is 345 g/mol. The van der Waals surface area contributed by atoms with Crippen LogP contribution in [0.3, 0.4) is 0 Å². The van der Waals surface area contributed by atoms with Crippen molar-refractivity contribution in [1.82, 2.24) is 14.7 Å². The molecule has 1 aromatic carbocycles. The Balaban J connectivity index is 1.59. The van der Waals surface area contributed by atoms with Gasteiger partial charge in [0.1, 0.15) is 0 Å². The molecule has 2 heterocycles. The predicted molar refractivity (Wildman–Crippen MR) is 99.4 cm³/mol. The third-order valence-corrected chi connectivity index (χ3v) is 5.95. The number of β-amino-alcohol motifs (C(OH)–C–C–N with tert-alkyl or cyclic N) is 1. The lowest BCUT2D eigenvalue weighted by atomic mass is 9.82. The van der Waals surface area contributed by atoms with Gasteiger partial charge in [0.2, 0.25) is 5.91 Å². The fourth-order valence-corrected chi connectivity index (χ4v) is 4.36. The zero-order valence-corrected chi connectivity index (χ0v) is 15.5. The molecular weight excluding hydrogens is 314 g/mol. The number of hydrogen-bond donors (Lipinski definition) is 1. The van der Waals surface area contributed by atoms with Gasteiger partial charge in [-0.05, 0) is 37.8 Å². The van der Waals surface area contributed by atoms with Crippen molar-refractivity contribution in [1.29, 1.82) is 0 Å². The van der Waals surface area contributed by atoms with Gasteiger partial charge in [0, 0.05) is 39.3 Å². The summed E-state index contributed by atoms with van der Waals surface area (Å²) in [6.07, 6.45) is 3.82. The second kappa shape index (κ2) is 7.85. The molecule has 2 aliphatic heterocycles. The Bertz CT molecular complexity index is 578. The van der Waals surface area contributed by atoms with E-state index < -0.39 is 0 Å². The van der Waals surface area contributed by atoms with Crippen LogP contribution in [0.1, 0.15) is 24.8 Å². The molecule has 0 unspecified atom stereocenters. The molecule has 0 aromatic heterocycles. The second-order valence-electron chi connectivity index (χ2n) is 7.72. The molecule has 5 heteroatoms. The second-order valence-corrected chi connectivity index (χ2v) is 7.72. The first kappa shape index (κ1) is 18.4. The van der Waals surface area contributed by atoms with Crippen LogP contribution in [0.5, 0.6) is 0 Å². The number of nitrogens with zero attached hydrogens (tertiary/aromatic N) is 3. The SMILES string of the molecule is CN(C)C(=O)CN1CC[C@@]2(CCCN2CCc2ccccc2)[C@@H](O)C1. The lowest BCUT2D eigenvalue weighted by Gasteiger charge is -2.48. The molecule has 5 nitrogen and oxygen atoms in total. The molecule has 2 atom stereocenters. The lowest BCUT2D eigenvalue weighted by Crippen LogP contribution is -2.62. The number of likely N-dealkylation sites (tertiary alicyclic amines) is 2. The molecule has 0 saturated carbocycles. The first-order valence-corrected chi connectivity index (χ1v) is 9.41. The van der Waals surface area contributed by atoms with Crippen molar-refractivity contribution in [3.63, 3.8) is 0 Å². The Labute approximate surface area is 151 Å². The summed E-state index contributed by atoms with van der Waals surface area (Å²) in [6.45, 7) is 3.96. The summed E-state index contributed by atoms with van der Waals surface area (Å²) in [4.78, 5) is 18.2. The molecule has 2 aliphatic rings. The number of rotatable bonds is 5. The van der Waals surface area contributed by atoms with E-state index in [1.807, 2.05) is 0 Å². The van der Waals surface area contributed by atoms with Crippen molar-refractivity contribution in [3.8, 4) is 0 Å². The fraction of sp³-hybridized carbons (Fsp3) is 0.650. The highest BCUT2D eigenvalue weighted by atomic mass is 16.3. The number of benzene rings is 1. The topological polar surface area (TPSA) is 47.0 Å². The summed E-state index contributed by atoms with van der Waals surface area (Å²) in [6, 6.07) is 10.6. The monoisotopic (exact) mass is 345 g/mol. The lowest BCUT2D eigenvalue weighted by molar-refractivity contribution is -0.132. The van der Waals surface area contributed by atoms with Crippen LogP contribution in [-0.2, 0) is 11.2 Å². The van der Waals surface area contributed by atoms with Crippen molar-refractivity contribution in [2.24, 2.45) is 0 Å². The maximum atomic E-state index is 11.9. The summed E-state index contributed by atoms with van der Waals surface area (Å²) in [5.41, 5.74) is 1.26. The van der Waals surface area contributed by atoms with Crippen LogP contribution < -0.4 is 0 Å². The van der Waals surface area contributed by atoms with E-state index in [0.717, 1.165) is 45.3 Å². The van der Waals surface area contributed by atoms with Gasteiger partial charge in [-0.25, -0.2) is 0 Å². The van der Waals surface area contributed by atoms with E-state index in [0.29, 0.717) is 13.1 Å². The quantitative estimate of drug-likeness (QED) is 0.872. The van der Waals surface area contributed by atoms with Crippen LogP contribution in [0.25, 0.3) is 0 Å². The van der Waals surface area contributed by atoms with E-state index in [1.54, 1.807) is 19.0 Å². The van der Waals surface area contributed by atoms with Gasteiger partial charge in [-0.15, -0.1) is 0 Å². The third-order valence-electron chi connectivity index (χ3n) is 5.95. The standard InChI is InChI=1S/C20H31N3O2/c1-21(2)19(25)16-22-14-11-20(18(24)15-22)10-6-12-23(20)13-9-17-7-4-3-5-8-17/h3-5,7-8,18,24H,6,9-16H2,1-2H3/t18-,20-/m0/s1. The molecule has 1 N–H and O–H groups in total. The third kappa shape index (κ3) is 4.05. The minimum Gasteiger partial charge on any atom is -0.390 e. The first-order chi connectivity index (χ1) is 12.0. The molecule has 1 spiro atoms. The highest BCUT2D eigenvalue weighted by Gasteiger charge is 2.48. The number of aliphatic hydroxyl groups excluding tert-OH is 1. The Morgan fingerprint density at radius 1 is 1.24 bits per heavy atom. The molecule has 0 bridgehead atoms. The van der Waals surface area contributed by atoms with Gasteiger partial charge in [-0.2, -0.15) is 0 Å². The first-order valence-electron chi connectivity index (χ1n) is 9.41. The van der Waals surface area contributed by atoms with Crippen LogP contribution in [0.4, 0.5) is 0 Å². The van der Waals surface area contributed by atoms with E-state index in [2.05, 4.69) is 40.1 Å². The maximum Gasteiger partial charge on any atom is 0.236 e. The summed E-state index contributed by atoms with van der Waals surface area (Å²) < 4.78 is 0. The van der Waals surface area contributed by atoms with Gasteiger partial charge >= 0.3 is 0 Å². The van der Waals surface area contributed by atoms with Gasteiger partial charge < -0.3 is 10.0 Å². The number of likely N-dealkylation sites (N-methyl/N-ethyl adjacent to an activating group) is 1. The largest absolute Gasteiger partial charge is 0.390 e. The molecule has 3 rings (SSSR count). The van der Waals surface area contributed by atoms with Gasteiger partial charge in [-0.1, -0.05) is 30.3 Å².